The summed E-state index contributed by atoms with van der Waals surface area (Å²) in [5, 5.41) is 0. The number of methoxy groups -OCH3 is 2. The van der Waals surface area contributed by atoms with E-state index in [1.54, 1.807) is 19.2 Å². The van der Waals surface area contributed by atoms with Crippen molar-refractivity contribution >= 4 is 21.9 Å². The van der Waals surface area contributed by atoms with Gasteiger partial charge in [-0.2, -0.15) is 0 Å². The molecular weight excluding hydrogens is 336 g/mol. The van der Waals surface area contributed by atoms with Gasteiger partial charge in [0.25, 0.3) is 0 Å². The van der Waals surface area contributed by atoms with Crippen LogP contribution in [-0.4, -0.2) is 26.8 Å². The summed E-state index contributed by atoms with van der Waals surface area (Å²) < 4.78 is 16.3. The molecule has 21 heavy (non-hydrogen) atoms. The number of benzene rings is 2. The molecule has 0 saturated heterocycles. The molecule has 0 aliphatic carbocycles. The predicted molar refractivity (Wildman–Crippen MR) is 83.6 cm³/mol. The van der Waals surface area contributed by atoms with E-state index in [9.17, 15) is 4.79 Å². The van der Waals surface area contributed by atoms with Gasteiger partial charge in [-0.1, -0.05) is 34.1 Å². The third kappa shape index (κ3) is 3.76. The molecule has 2 rings (SSSR count). The van der Waals surface area contributed by atoms with Gasteiger partial charge < -0.3 is 14.2 Å². The fourth-order valence-electron chi connectivity index (χ4n) is 1.85. The van der Waals surface area contributed by atoms with Crippen LogP contribution in [0.25, 0.3) is 11.1 Å². The van der Waals surface area contributed by atoms with Gasteiger partial charge in [-0.3, -0.25) is 0 Å². The van der Waals surface area contributed by atoms with Crippen molar-refractivity contribution < 1.29 is 19.0 Å². The minimum atomic E-state index is -0.427. The Bertz CT molecular complexity index is 640. The number of hydrogen-bond acceptors (Lipinski definition) is 4. The van der Waals surface area contributed by atoms with Gasteiger partial charge in [0.15, 0.2) is 6.61 Å². The highest BCUT2D eigenvalue weighted by Crippen LogP contribution is 2.37. The molecular formula is C16H15BrO4. The third-order valence-electron chi connectivity index (χ3n) is 2.92. The van der Waals surface area contributed by atoms with Crippen molar-refractivity contribution in [2.45, 2.75) is 0 Å². The summed E-state index contributed by atoms with van der Waals surface area (Å²) in [5.74, 6) is 0.878. The first kappa shape index (κ1) is 15.4. The van der Waals surface area contributed by atoms with Crippen LogP contribution >= 0.6 is 15.9 Å². The fourth-order valence-corrected chi connectivity index (χ4v) is 2.35. The molecule has 0 atom stereocenters. The summed E-state index contributed by atoms with van der Waals surface area (Å²) in [6.07, 6.45) is 0. The molecule has 2 aromatic rings. The lowest BCUT2D eigenvalue weighted by atomic mass is 10.0. The normalized spacial score (nSPS) is 10.0. The zero-order valence-electron chi connectivity index (χ0n) is 11.8. The Morgan fingerprint density at radius 3 is 2.52 bits per heavy atom. The Kier molecular flexibility index (Phi) is 5.22. The maximum absolute atomic E-state index is 11.2. The molecule has 0 heterocycles. The first-order chi connectivity index (χ1) is 10.2. The maximum Gasteiger partial charge on any atom is 0.343 e. The number of carbonyl (C=O) groups excluding carboxylic acids is 1. The molecule has 0 radical (unpaired) electrons. The van der Waals surface area contributed by atoms with Crippen molar-refractivity contribution in [2.24, 2.45) is 0 Å². The van der Waals surface area contributed by atoms with Crippen LogP contribution < -0.4 is 9.47 Å². The SMILES string of the molecule is COC(=O)COc1ccc(OC)cc1-c1ccccc1Br. The van der Waals surface area contributed by atoms with E-state index in [-0.39, 0.29) is 6.61 Å². The zero-order chi connectivity index (χ0) is 15.2. The Morgan fingerprint density at radius 2 is 1.86 bits per heavy atom. The average Bonchev–Trinajstić information content (AvgIpc) is 2.53. The van der Waals surface area contributed by atoms with E-state index in [0.717, 1.165) is 15.6 Å². The molecule has 0 unspecified atom stereocenters. The topological polar surface area (TPSA) is 44.8 Å². The second-order valence-electron chi connectivity index (χ2n) is 4.21. The highest BCUT2D eigenvalue weighted by molar-refractivity contribution is 9.10. The number of carbonyl (C=O) groups is 1. The second kappa shape index (κ2) is 7.13. The summed E-state index contributed by atoms with van der Waals surface area (Å²) in [6.45, 7) is -0.139. The highest BCUT2D eigenvalue weighted by atomic mass is 79.9. The van der Waals surface area contributed by atoms with Crippen LogP contribution in [0.5, 0.6) is 11.5 Å². The lowest BCUT2D eigenvalue weighted by Gasteiger charge is -2.13. The van der Waals surface area contributed by atoms with Gasteiger partial charge in [-0.25, -0.2) is 4.79 Å². The highest BCUT2D eigenvalue weighted by Gasteiger charge is 2.12. The van der Waals surface area contributed by atoms with Gasteiger partial charge in [0, 0.05) is 10.0 Å². The van der Waals surface area contributed by atoms with E-state index in [2.05, 4.69) is 20.7 Å². The van der Waals surface area contributed by atoms with Crippen LogP contribution in [0.3, 0.4) is 0 Å². The number of esters is 1. The monoisotopic (exact) mass is 350 g/mol. The van der Waals surface area contributed by atoms with Crippen molar-refractivity contribution in [3.63, 3.8) is 0 Å². The first-order valence-corrected chi connectivity index (χ1v) is 7.07. The van der Waals surface area contributed by atoms with Crippen molar-refractivity contribution in [3.05, 3.63) is 46.9 Å². The van der Waals surface area contributed by atoms with E-state index in [0.29, 0.717) is 11.5 Å². The Hall–Kier alpha value is -2.01. The first-order valence-electron chi connectivity index (χ1n) is 6.28. The standard InChI is InChI=1S/C16H15BrO4/c1-19-11-7-8-15(21-10-16(18)20-2)13(9-11)12-5-3-4-6-14(12)17/h3-9H,10H2,1-2H3. The Labute approximate surface area is 131 Å². The van der Waals surface area contributed by atoms with Crippen LogP contribution in [0.15, 0.2) is 46.9 Å². The van der Waals surface area contributed by atoms with E-state index in [1.165, 1.54) is 7.11 Å². The van der Waals surface area contributed by atoms with Gasteiger partial charge in [-0.15, -0.1) is 0 Å². The molecule has 0 N–H and O–H groups in total. The third-order valence-corrected chi connectivity index (χ3v) is 3.62. The zero-order valence-corrected chi connectivity index (χ0v) is 13.3. The molecule has 0 aliphatic heterocycles. The Balaban J connectivity index is 2.41. The minimum absolute atomic E-state index is 0.139. The van der Waals surface area contributed by atoms with E-state index in [1.807, 2.05) is 30.3 Å². The largest absolute Gasteiger partial charge is 0.497 e. The minimum Gasteiger partial charge on any atom is -0.497 e. The van der Waals surface area contributed by atoms with Crippen molar-refractivity contribution in [3.8, 4) is 22.6 Å². The van der Waals surface area contributed by atoms with Gasteiger partial charge >= 0.3 is 5.97 Å². The number of halogens is 1. The van der Waals surface area contributed by atoms with Gasteiger partial charge in [0.05, 0.1) is 14.2 Å². The molecule has 0 fully saturated rings. The molecule has 2 aromatic carbocycles. The molecule has 0 aliphatic rings. The lowest BCUT2D eigenvalue weighted by Crippen LogP contribution is -2.13. The molecule has 0 spiro atoms. The van der Waals surface area contributed by atoms with E-state index < -0.39 is 5.97 Å². The molecule has 0 amide bonds. The summed E-state index contributed by atoms with van der Waals surface area (Å²) in [6, 6.07) is 13.2. The van der Waals surface area contributed by atoms with Gasteiger partial charge in [-0.05, 0) is 29.8 Å². The summed E-state index contributed by atoms with van der Waals surface area (Å²) in [5.41, 5.74) is 1.79. The average molecular weight is 351 g/mol. The van der Waals surface area contributed by atoms with Crippen LogP contribution in [-0.2, 0) is 9.53 Å². The predicted octanol–water partition coefficient (Wildman–Crippen LogP) is 3.68. The maximum atomic E-state index is 11.2. The second-order valence-corrected chi connectivity index (χ2v) is 5.06. The molecule has 0 aromatic heterocycles. The van der Waals surface area contributed by atoms with Crippen molar-refractivity contribution in [2.75, 3.05) is 20.8 Å². The number of ether oxygens (including phenoxy) is 3. The van der Waals surface area contributed by atoms with Crippen LogP contribution in [0.4, 0.5) is 0 Å². The van der Waals surface area contributed by atoms with E-state index >= 15 is 0 Å². The van der Waals surface area contributed by atoms with Crippen molar-refractivity contribution in [1.82, 2.24) is 0 Å². The Morgan fingerprint density at radius 1 is 1.10 bits per heavy atom. The van der Waals surface area contributed by atoms with Crippen LogP contribution in [0.1, 0.15) is 0 Å². The molecule has 4 nitrogen and oxygen atoms in total. The molecule has 110 valence electrons. The number of rotatable bonds is 5. The summed E-state index contributed by atoms with van der Waals surface area (Å²) in [4.78, 5) is 11.2. The lowest BCUT2D eigenvalue weighted by molar-refractivity contribution is -0.142. The quantitative estimate of drug-likeness (QED) is 0.771. The van der Waals surface area contributed by atoms with Gasteiger partial charge in [0.2, 0.25) is 0 Å². The summed E-state index contributed by atoms with van der Waals surface area (Å²) >= 11 is 3.52. The van der Waals surface area contributed by atoms with Crippen LogP contribution in [0, 0.1) is 0 Å². The van der Waals surface area contributed by atoms with Crippen molar-refractivity contribution in [1.29, 1.82) is 0 Å². The smallest absolute Gasteiger partial charge is 0.343 e. The van der Waals surface area contributed by atoms with E-state index in [4.69, 9.17) is 9.47 Å². The molecule has 0 saturated carbocycles. The molecule has 0 bridgehead atoms. The molecule has 5 heteroatoms. The van der Waals surface area contributed by atoms with Crippen LogP contribution in [0.2, 0.25) is 0 Å². The number of hydrogen-bond donors (Lipinski definition) is 0. The van der Waals surface area contributed by atoms with Gasteiger partial charge in [0.1, 0.15) is 11.5 Å². The fraction of sp³-hybridized carbons (Fsp3) is 0.188. The summed E-state index contributed by atoms with van der Waals surface area (Å²) in [7, 11) is 2.93.